The van der Waals surface area contributed by atoms with Crippen LogP contribution in [0.5, 0.6) is 0 Å². The molecule has 1 aliphatic heterocycles. The number of anilines is 1. The molecule has 0 fully saturated rings. The number of hydrogen-bond acceptors (Lipinski definition) is 5. The molecule has 1 aliphatic rings. The maximum atomic E-state index is 13.6. The molecule has 26 heavy (non-hydrogen) atoms. The van der Waals surface area contributed by atoms with Gasteiger partial charge in [0.2, 0.25) is 11.8 Å². The Labute approximate surface area is 152 Å². The normalized spacial score (nSPS) is 18.5. The summed E-state index contributed by atoms with van der Waals surface area (Å²) in [5, 5.41) is 23.5. The summed E-state index contributed by atoms with van der Waals surface area (Å²) in [4.78, 5) is 24.0. The molecule has 2 rings (SSSR count). The minimum absolute atomic E-state index is 0.177. The molecule has 0 spiro atoms. The van der Waals surface area contributed by atoms with Crippen molar-refractivity contribution in [3.05, 3.63) is 40.4 Å². The highest BCUT2D eigenvalue weighted by Crippen LogP contribution is 2.41. The van der Waals surface area contributed by atoms with E-state index in [1.807, 2.05) is 12.1 Å². The average molecular weight is 376 g/mol. The van der Waals surface area contributed by atoms with Crippen molar-refractivity contribution >= 4 is 29.3 Å². The van der Waals surface area contributed by atoms with E-state index in [-0.39, 0.29) is 22.0 Å². The second kappa shape index (κ2) is 7.54. The Morgan fingerprint density at radius 3 is 2.65 bits per heavy atom. The van der Waals surface area contributed by atoms with E-state index in [9.17, 15) is 23.6 Å². The van der Waals surface area contributed by atoms with Gasteiger partial charge in [0, 0.05) is 11.5 Å². The van der Waals surface area contributed by atoms with E-state index in [4.69, 9.17) is 5.26 Å². The van der Waals surface area contributed by atoms with E-state index in [0.29, 0.717) is 6.07 Å². The highest BCUT2D eigenvalue weighted by Gasteiger charge is 2.44. The van der Waals surface area contributed by atoms with Gasteiger partial charge >= 0.3 is 0 Å². The number of carbonyl (C=O) groups excluding carboxylic acids is 2. The predicted octanol–water partition coefficient (Wildman–Crippen LogP) is 2.67. The lowest BCUT2D eigenvalue weighted by Gasteiger charge is -2.34. The van der Waals surface area contributed by atoms with E-state index in [1.54, 1.807) is 13.8 Å². The molecule has 9 heteroatoms. The van der Waals surface area contributed by atoms with Gasteiger partial charge in [-0.05, 0) is 12.1 Å². The molecule has 0 saturated carbocycles. The van der Waals surface area contributed by atoms with Crippen LogP contribution in [0.2, 0.25) is 0 Å². The predicted molar refractivity (Wildman–Crippen MR) is 91.1 cm³/mol. The van der Waals surface area contributed by atoms with E-state index < -0.39 is 34.8 Å². The zero-order valence-electron chi connectivity index (χ0n) is 13.9. The summed E-state index contributed by atoms with van der Waals surface area (Å²) in [6.07, 6.45) is 0. The van der Waals surface area contributed by atoms with Crippen molar-refractivity contribution in [2.45, 2.75) is 13.8 Å². The SMILES string of the molecule is CC1(C)C(C#N)=C(SCC(=O)Nc2ccc(F)cc2F)NC(=O)[C@@H]1C#N. The maximum absolute atomic E-state index is 13.6. The van der Waals surface area contributed by atoms with Crippen LogP contribution >= 0.6 is 11.8 Å². The standard InChI is InChI=1S/C17H14F2N4O2S/c1-17(2)10(6-20)15(25)23-16(11(17)7-21)26-8-14(24)22-13-4-3-9(18)5-12(13)19/h3-5,10H,8H2,1-2H3,(H,22,24)(H,23,25)/t10-/m0/s1. The zero-order valence-corrected chi connectivity index (χ0v) is 14.7. The Hall–Kier alpha value is -2.91. The monoisotopic (exact) mass is 376 g/mol. The third kappa shape index (κ3) is 3.84. The third-order valence-corrected chi connectivity index (χ3v) is 4.89. The molecule has 0 radical (unpaired) electrons. The summed E-state index contributed by atoms with van der Waals surface area (Å²) in [6, 6.07) is 6.60. The van der Waals surface area contributed by atoms with Gasteiger partial charge in [-0.2, -0.15) is 10.5 Å². The first-order chi connectivity index (χ1) is 12.2. The van der Waals surface area contributed by atoms with Crippen LogP contribution in [0.1, 0.15) is 13.8 Å². The summed E-state index contributed by atoms with van der Waals surface area (Å²) < 4.78 is 26.4. The fourth-order valence-corrected chi connectivity index (χ4v) is 3.42. The number of nitriles is 2. The van der Waals surface area contributed by atoms with Gasteiger partial charge in [0.05, 0.1) is 34.2 Å². The van der Waals surface area contributed by atoms with Crippen LogP contribution < -0.4 is 10.6 Å². The second-order valence-electron chi connectivity index (χ2n) is 6.05. The number of hydrogen-bond donors (Lipinski definition) is 2. The van der Waals surface area contributed by atoms with Gasteiger partial charge in [-0.15, -0.1) is 0 Å². The van der Waals surface area contributed by atoms with Gasteiger partial charge in [0.1, 0.15) is 17.6 Å². The minimum Gasteiger partial charge on any atom is -0.323 e. The Balaban J connectivity index is 2.13. The molecule has 1 heterocycles. The van der Waals surface area contributed by atoms with Crippen molar-refractivity contribution in [2.75, 3.05) is 11.1 Å². The summed E-state index contributed by atoms with van der Waals surface area (Å²) in [5.74, 6) is -4.07. The highest BCUT2D eigenvalue weighted by atomic mass is 32.2. The van der Waals surface area contributed by atoms with Crippen molar-refractivity contribution < 1.29 is 18.4 Å². The van der Waals surface area contributed by atoms with Crippen LogP contribution in [0.3, 0.4) is 0 Å². The molecule has 0 saturated heterocycles. The van der Waals surface area contributed by atoms with Gasteiger partial charge in [-0.3, -0.25) is 9.59 Å². The van der Waals surface area contributed by atoms with Crippen LogP contribution in [-0.2, 0) is 9.59 Å². The molecule has 0 unspecified atom stereocenters. The maximum Gasteiger partial charge on any atom is 0.243 e. The number of thioether (sulfide) groups is 1. The lowest BCUT2D eigenvalue weighted by molar-refractivity contribution is -0.125. The molecule has 0 bridgehead atoms. The Bertz CT molecular complexity index is 884. The van der Waals surface area contributed by atoms with Crippen LogP contribution in [0.15, 0.2) is 28.8 Å². The van der Waals surface area contributed by atoms with Crippen LogP contribution in [-0.4, -0.2) is 17.6 Å². The molecule has 0 aromatic heterocycles. The summed E-state index contributed by atoms with van der Waals surface area (Å²) >= 11 is 0.892. The number of halogens is 2. The van der Waals surface area contributed by atoms with Gasteiger partial charge < -0.3 is 10.6 Å². The first-order valence-corrected chi connectivity index (χ1v) is 8.42. The van der Waals surface area contributed by atoms with Gasteiger partial charge in [0.25, 0.3) is 0 Å². The van der Waals surface area contributed by atoms with Crippen molar-refractivity contribution in [2.24, 2.45) is 11.3 Å². The summed E-state index contributed by atoms with van der Waals surface area (Å²) in [6.45, 7) is 3.21. The lowest BCUT2D eigenvalue weighted by atomic mass is 9.72. The van der Waals surface area contributed by atoms with Crippen LogP contribution in [0.25, 0.3) is 0 Å². The molecule has 1 aromatic rings. The molecule has 6 nitrogen and oxygen atoms in total. The third-order valence-electron chi connectivity index (χ3n) is 3.89. The molecule has 2 N–H and O–H groups in total. The molecular formula is C17H14F2N4O2S. The smallest absolute Gasteiger partial charge is 0.243 e. The van der Waals surface area contributed by atoms with E-state index in [1.165, 1.54) is 0 Å². The van der Waals surface area contributed by atoms with Crippen molar-refractivity contribution in [1.82, 2.24) is 5.32 Å². The van der Waals surface area contributed by atoms with Gasteiger partial charge in [-0.1, -0.05) is 25.6 Å². The minimum atomic E-state index is -1.02. The molecule has 0 aliphatic carbocycles. The molecule has 134 valence electrons. The number of carbonyl (C=O) groups is 2. The Kier molecular flexibility index (Phi) is 5.63. The number of nitrogens with one attached hydrogen (secondary N) is 2. The molecule has 1 aromatic carbocycles. The fraction of sp³-hybridized carbons (Fsp3) is 0.294. The first-order valence-electron chi connectivity index (χ1n) is 7.43. The van der Waals surface area contributed by atoms with Crippen molar-refractivity contribution in [3.63, 3.8) is 0 Å². The fourth-order valence-electron chi connectivity index (χ4n) is 2.45. The molecular weight excluding hydrogens is 362 g/mol. The number of allylic oxidation sites excluding steroid dienone is 1. The number of nitrogens with zero attached hydrogens (tertiary/aromatic N) is 2. The van der Waals surface area contributed by atoms with Gasteiger partial charge in [-0.25, -0.2) is 8.78 Å². The lowest BCUT2D eigenvalue weighted by Crippen LogP contribution is -2.44. The average Bonchev–Trinajstić information content (AvgIpc) is 2.55. The Morgan fingerprint density at radius 1 is 1.38 bits per heavy atom. The number of benzene rings is 1. The highest BCUT2D eigenvalue weighted by molar-refractivity contribution is 8.03. The van der Waals surface area contributed by atoms with Gasteiger partial charge in [0.15, 0.2) is 0 Å². The van der Waals surface area contributed by atoms with Crippen LogP contribution in [0.4, 0.5) is 14.5 Å². The summed E-state index contributed by atoms with van der Waals surface area (Å²) in [5.41, 5.74) is -0.994. The Morgan fingerprint density at radius 2 is 2.08 bits per heavy atom. The quantitative estimate of drug-likeness (QED) is 0.840. The topological polar surface area (TPSA) is 106 Å². The second-order valence-corrected chi connectivity index (χ2v) is 7.04. The largest absolute Gasteiger partial charge is 0.323 e. The van der Waals surface area contributed by atoms with E-state index in [0.717, 1.165) is 23.9 Å². The first kappa shape index (κ1) is 19.4. The molecule has 1 atom stereocenters. The van der Waals surface area contributed by atoms with Crippen LogP contribution in [0, 0.1) is 45.6 Å². The van der Waals surface area contributed by atoms with E-state index >= 15 is 0 Å². The van der Waals surface area contributed by atoms with E-state index in [2.05, 4.69) is 10.6 Å². The number of amides is 2. The van der Waals surface area contributed by atoms with Crippen molar-refractivity contribution in [3.8, 4) is 12.1 Å². The number of rotatable bonds is 4. The van der Waals surface area contributed by atoms with Crippen molar-refractivity contribution in [1.29, 1.82) is 10.5 Å². The zero-order chi connectivity index (χ0) is 19.5. The molecule has 2 amide bonds. The summed E-state index contributed by atoms with van der Waals surface area (Å²) in [7, 11) is 0.